The number of thiophene rings is 1. The van der Waals surface area contributed by atoms with Gasteiger partial charge in [0.05, 0.1) is 40.0 Å². The Bertz CT molecular complexity index is 2450. The molecule has 0 radical (unpaired) electrons. The molecule has 0 N–H and O–H groups in total. The molecule has 3 nitrogen and oxygen atoms in total. The van der Waals surface area contributed by atoms with E-state index < -0.39 is 0 Å². The zero-order valence-corrected chi connectivity index (χ0v) is 22.7. The van der Waals surface area contributed by atoms with Crippen LogP contribution in [0.5, 0.6) is 0 Å². The molecule has 3 aromatic heterocycles. The van der Waals surface area contributed by atoms with E-state index in [2.05, 4.69) is 141 Å². The van der Waals surface area contributed by atoms with Gasteiger partial charge >= 0.3 is 0 Å². The van der Waals surface area contributed by atoms with Crippen molar-refractivity contribution in [2.24, 2.45) is 0 Å². The highest BCUT2D eigenvalue weighted by Crippen LogP contribution is 2.48. The van der Waals surface area contributed by atoms with Gasteiger partial charge in [0.2, 0.25) is 5.69 Å². The van der Waals surface area contributed by atoms with E-state index in [1.54, 1.807) is 11.3 Å². The normalized spacial score (nSPS) is 11.9. The third-order valence-corrected chi connectivity index (χ3v) is 9.52. The summed E-state index contributed by atoms with van der Waals surface area (Å²) in [6, 6.07) is 45.2. The number of benzene rings is 6. The molecule has 0 amide bonds. The van der Waals surface area contributed by atoms with Gasteiger partial charge in [-0.2, -0.15) is 0 Å². The first-order valence-corrected chi connectivity index (χ1v) is 14.5. The van der Waals surface area contributed by atoms with Crippen LogP contribution < -0.4 is 0 Å². The summed E-state index contributed by atoms with van der Waals surface area (Å²) in [6.07, 6.45) is 0. The third-order valence-electron chi connectivity index (χ3n) is 8.33. The van der Waals surface area contributed by atoms with Crippen molar-refractivity contribution in [3.63, 3.8) is 0 Å². The third kappa shape index (κ3) is 2.96. The van der Waals surface area contributed by atoms with Crippen molar-refractivity contribution in [3.05, 3.63) is 139 Å². The van der Waals surface area contributed by atoms with E-state index in [1.165, 1.54) is 31.6 Å². The average molecular weight is 540 g/mol. The standard InChI is InChI=1S/C37H21N3S/c1-38-28-22-33(39-29-17-7-2-12-23(29)24-13-3-8-18-30(24)39)36(35-27-16-6-11-21-34(27)41-37(28)35)40-31-19-9-4-14-25(31)26-15-5-10-20-32(26)40/h2-22H. The predicted octanol–water partition coefficient (Wildman–Crippen LogP) is 10.8. The second-order valence-corrected chi connectivity index (χ2v) is 11.5. The molecular weight excluding hydrogens is 518 g/mol. The molecule has 0 saturated carbocycles. The van der Waals surface area contributed by atoms with Crippen molar-refractivity contribution >= 4 is 80.8 Å². The van der Waals surface area contributed by atoms with Gasteiger partial charge < -0.3 is 9.13 Å². The summed E-state index contributed by atoms with van der Waals surface area (Å²) >= 11 is 1.71. The van der Waals surface area contributed by atoms with Crippen LogP contribution in [0.4, 0.5) is 5.69 Å². The van der Waals surface area contributed by atoms with E-state index in [9.17, 15) is 0 Å². The highest BCUT2D eigenvalue weighted by molar-refractivity contribution is 7.26. The molecule has 9 rings (SSSR count). The number of hydrogen-bond acceptors (Lipinski definition) is 1. The molecular formula is C37H21N3S. The van der Waals surface area contributed by atoms with Gasteiger partial charge in [0.25, 0.3) is 0 Å². The minimum atomic E-state index is 0.683. The summed E-state index contributed by atoms with van der Waals surface area (Å²) in [7, 11) is 0. The molecule has 0 aliphatic rings. The lowest BCUT2D eigenvalue weighted by Crippen LogP contribution is -2.04. The zero-order chi connectivity index (χ0) is 27.1. The maximum absolute atomic E-state index is 8.27. The number of hydrogen-bond donors (Lipinski definition) is 0. The Morgan fingerprint density at radius 3 is 1.46 bits per heavy atom. The number of rotatable bonds is 2. The van der Waals surface area contributed by atoms with Gasteiger partial charge in [-0.1, -0.05) is 91.0 Å². The van der Waals surface area contributed by atoms with E-state index in [1.807, 2.05) is 0 Å². The van der Waals surface area contributed by atoms with Gasteiger partial charge in [0.15, 0.2) is 0 Å². The highest BCUT2D eigenvalue weighted by atomic mass is 32.1. The minimum Gasteiger partial charge on any atom is -0.308 e. The Hall–Kier alpha value is -5.37. The maximum atomic E-state index is 8.27. The first kappa shape index (κ1) is 22.4. The van der Waals surface area contributed by atoms with E-state index >= 15 is 0 Å². The van der Waals surface area contributed by atoms with Crippen LogP contribution in [0.1, 0.15) is 0 Å². The summed E-state index contributed by atoms with van der Waals surface area (Å²) in [5.74, 6) is 0. The Labute approximate surface area is 239 Å². The Balaban J connectivity index is 1.61. The molecule has 190 valence electrons. The van der Waals surface area contributed by atoms with Gasteiger partial charge in [-0.3, -0.25) is 0 Å². The minimum absolute atomic E-state index is 0.683. The van der Waals surface area contributed by atoms with Gasteiger partial charge in [-0.25, -0.2) is 4.85 Å². The molecule has 0 atom stereocenters. The molecule has 0 unspecified atom stereocenters. The largest absolute Gasteiger partial charge is 0.308 e. The Kier molecular flexibility index (Phi) is 4.55. The number of aromatic nitrogens is 2. The van der Waals surface area contributed by atoms with Crippen molar-refractivity contribution in [2.75, 3.05) is 0 Å². The van der Waals surface area contributed by atoms with Crippen LogP contribution in [0.3, 0.4) is 0 Å². The van der Waals surface area contributed by atoms with Gasteiger partial charge in [-0.15, -0.1) is 11.3 Å². The summed E-state index contributed by atoms with van der Waals surface area (Å²) in [4.78, 5) is 4.11. The first-order valence-electron chi connectivity index (χ1n) is 13.7. The molecule has 3 heterocycles. The summed E-state index contributed by atoms with van der Waals surface area (Å²) in [5.41, 5.74) is 7.37. The van der Waals surface area contributed by atoms with Gasteiger partial charge in [0, 0.05) is 41.7 Å². The molecule has 6 aromatic carbocycles. The van der Waals surface area contributed by atoms with Crippen LogP contribution in [-0.2, 0) is 0 Å². The topological polar surface area (TPSA) is 14.2 Å². The lowest BCUT2D eigenvalue weighted by Gasteiger charge is -2.19. The van der Waals surface area contributed by atoms with E-state index in [0.29, 0.717) is 5.69 Å². The molecule has 0 aliphatic carbocycles. The fourth-order valence-corrected chi connectivity index (χ4v) is 7.84. The second kappa shape index (κ2) is 8.32. The van der Waals surface area contributed by atoms with E-state index in [-0.39, 0.29) is 0 Å². The lowest BCUT2D eigenvalue weighted by molar-refractivity contribution is 1.11. The van der Waals surface area contributed by atoms with Crippen molar-refractivity contribution in [3.8, 4) is 11.4 Å². The quantitative estimate of drug-likeness (QED) is 0.194. The van der Waals surface area contributed by atoms with Crippen molar-refractivity contribution in [1.29, 1.82) is 0 Å². The summed E-state index contributed by atoms with van der Waals surface area (Å²) < 4.78 is 7.01. The SMILES string of the molecule is [C-]#[N+]c1cc(-n2c3ccccc3c3ccccc32)c(-n2c3ccccc3c3ccccc32)c2c1sc1ccccc12. The predicted molar refractivity (Wildman–Crippen MR) is 174 cm³/mol. The lowest BCUT2D eigenvalue weighted by atomic mass is 10.1. The molecule has 9 aromatic rings. The molecule has 4 heteroatoms. The number of fused-ring (bicyclic) bond motifs is 9. The monoisotopic (exact) mass is 539 g/mol. The number of para-hydroxylation sites is 4. The Morgan fingerprint density at radius 1 is 0.512 bits per heavy atom. The van der Waals surface area contributed by atoms with Crippen LogP contribution in [0.25, 0.3) is 80.0 Å². The van der Waals surface area contributed by atoms with Crippen LogP contribution in [0.15, 0.2) is 127 Å². The highest BCUT2D eigenvalue weighted by Gasteiger charge is 2.25. The van der Waals surface area contributed by atoms with Gasteiger partial charge in [-0.05, 0) is 36.4 Å². The fourth-order valence-electron chi connectivity index (χ4n) is 6.68. The summed E-state index contributed by atoms with van der Waals surface area (Å²) in [5, 5.41) is 7.16. The zero-order valence-electron chi connectivity index (χ0n) is 21.9. The fraction of sp³-hybridized carbons (Fsp3) is 0. The van der Waals surface area contributed by atoms with Crippen molar-refractivity contribution < 1.29 is 0 Å². The smallest absolute Gasteiger partial charge is 0.206 e. The van der Waals surface area contributed by atoms with Crippen molar-refractivity contribution in [1.82, 2.24) is 9.13 Å². The van der Waals surface area contributed by atoms with Gasteiger partial charge in [0.1, 0.15) is 0 Å². The van der Waals surface area contributed by atoms with Crippen molar-refractivity contribution in [2.45, 2.75) is 0 Å². The summed E-state index contributed by atoms with van der Waals surface area (Å²) in [6.45, 7) is 8.27. The van der Waals surface area contributed by atoms with E-state index in [4.69, 9.17) is 6.57 Å². The molecule has 41 heavy (non-hydrogen) atoms. The van der Waals surface area contributed by atoms with Crippen LogP contribution in [0, 0.1) is 6.57 Å². The maximum Gasteiger partial charge on any atom is 0.206 e. The molecule has 0 fully saturated rings. The molecule has 0 bridgehead atoms. The molecule has 0 saturated heterocycles. The van der Waals surface area contributed by atoms with Crippen LogP contribution in [-0.4, -0.2) is 9.13 Å². The average Bonchev–Trinajstić information content (AvgIpc) is 3.69. The van der Waals surface area contributed by atoms with Crippen LogP contribution >= 0.6 is 11.3 Å². The van der Waals surface area contributed by atoms with Crippen LogP contribution in [0.2, 0.25) is 0 Å². The first-order chi connectivity index (χ1) is 20.3. The Morgan fingerprint density at radius 2 is 0.951 bits per heavy atom. The molecule has 0 spiro atoms. The second-order valence-electron chi connectivity index (χ2n) is 10.4. The molecule has 0 aliphatic heterocycles. The van der Waals surface area contributed by atoms with E-state index in [0.717, 1.165) is 43.5 Å². The number of nitrogens with zero attached hydrogens (tertiary/aromatic N) is 3.